The maximum Gasteiger partial charge on any atom is 0.407 e. The Labute approximate surface area is 593 Å². The predicted octanol–water partition coefficient (Wildman–Crippen LogP) is 5.89. The lowest BCUT2D eigenvalue weighted by Crippen LogP contribution is -2.81. The summed E-state index contributed by atoms with van der Waals surface area (Å²) in [5.74, 6) is -4.89. The van der Waals surface area contributed by atoms with Crippen molar-refractivity contribution in [2.24, 2.45) is 17.3 Å². The third kappa shape index (κ3) is 15.7. The number of Topliss-reactive ketones (excluding diaryl/α,β-unsaturated/α-hetero) is 2. The molecule has 27 heteroatoms. The van der Waals surface area contributed by atoms with Crippen LogP contribution in [0.25, 0.3) is 10.9 Å². The number of nitrogens with one attached hydrogen (secondary N) is 4. The zero-order valence-electron chi connectivity index (χ0n) is 58.7. The van der Waals surface area contributed by atoms with Crippen LogP contribution in [0, 0.1) is 17.3 Å². The van der Waals surface area contributed by atoms with Gasteiger partial charge in [-0.1, -0.05) is 105 Å². The summed E-state index contributed by atoms with van der Waals surface area (Å²) < 4.78 is 22.9. The summed E-state index contributed by atoms with van der Waals surface area (Å²) in [6.07, 6.45) is 5.41. The van der Waals surface area contributed by atoms with E-state index in [-0.39, 0.29) is 68.4 Å². The van der Waals surface area contributed by atoms with Gasteiger partial charge in [-0.3, -0.25) is 33.8 Å². The summed E-state index contributed by atoms with van der Waals surface area (Å²) in [6.45, 7) is 11.0. The Bertz CT molecular complexity index is 3470. The summed E-state index contributed by atoms with van der Waals surface area (Å²) >= 11 is 0. The van der Waals surface area contributed by atoms with Crippen molar-refractivity contribution in [3.05, 3.63) is 70.9 Å². The molecule has 11 N–H and O–H groups in total. The normalized spacial score (nSPS) is 31.1. The summed E-state index contributed by atoms with van der Waals surface area (Å²) in [6, 6.07) is 10.3. The quantitative estimate of drug-likeness (QED) is 0.0189. The molecule has 6 aliphatic heterocycles. The number of rotatable bonds is 34. The van der Waals surface area contributed by atoms with Gasteiger partial charge in [-0.25, -0.2) is 9.59 Å². The number of carboxylic acids is 2. The molecule has 0 radical (unpaired) electrons. The van der Waals surface area contributed by atoms with Crippen LogP contribution in [0.2, 0.25) is 0 Å². The number of H-pyrrole nitrogens is 1. The third-order valence-corrected chi connectivity index (χ3v) is 25.3. The number of para-hydroxylation sites is 1. The van der Waals surface area contributed by atoms with Crippen molar-refractivity contribution in [3.8, 4) is 5.75 Å². The predicted molar refractivity (Wildman–Crippen MR) is 378 cm³/mol. The van der Waals surface area contributed by atoms with Crippen LogP contribution in [-0.2, 0) is 60.2 Å². The number of fused-ring (bicyclic) bond motifs is 6. The second kappa shape index (κ2) is 32.9. The van der Waals surface area contributed by atoms with Gasteiger partial charge < -0.3 is 80.5 Å². The molecule has 2 bridgehead atoms. The van der Waals surface area contributed by atoms with Gasteiger partial charge in [-0.2, -0.15) is 0 Å². The number of anilines is 1. The van der Waals surface area contributed by atoms with Crippen LogP contribution in [0.5, 0.6) is 5.75 Å². The number of ketones is 2. The Morgan fingerprint density at radius 2 is 1.61 bits per heavy atom. The van der Waals surface area contributed by atoms with Crippen molar-refractivity contribution < 1.29 is 88.3 Å². The van der Waals surface area contributed by atoms with Gasteiger partial charge in [-0.05, 0) is 100 Å². The van der Waals surface area contributed by atoms with E-state index in [1.165, 1.54) is 16.4 Å². The number of carboxylic acid groups (broad SMARTS) is 2. The van der Waals surface area contributed by atoms with Gasteiger partial charge >= 0.3 is 18.0 Å². The van der Waals surface area contributed by atoms with Gasteiger partial charge in [0.05, 0.1) is 37.3 Å². The molecule has 7 heterocycles. The molecule has 1 saturated carbocycles. The summed E-state index contributed by atoms with van der Waals surface area (Å²) in [7, 11) is 5.90. The number of nitrogens with zero attached hydrogens (tertiary/aromatic N) is 3. The Kier molecular flexibility index (Phi) is 25.2. The molecule has 1 aliphatic carbocycles. The molecule has 10 rings (SSSR count). The van der Waals surface area contributed by atoms with Crippen LogP contribution in [0.3, 0.4) is 0 Å². The number of benzene rings is 2. The fourth-order valence-corrected chi connectivity index (χ4v) is 20.0. The lowest BCUT2D eigenvalue weighted by atomic mass is 9.47. The van der Waals surface area contributed by atoms with E-state index >= 15 is 4.79 Å². The number of aromatic nitrogens is 1. The van der Waals surface area contributed by atoms with Crippen LogP contribution in [-0.4, -0.2) is 237 Å². The van der Waals surface area contributed by atoms with Gasteiger partial charge in [0.2, 0.25) is 11.8 Å². The van der Waals surface area contributed by atoms with Crippen molar-refractivity contribution >= 4 is 79.6 Å². The molecule has 25 nitrogen and oxygen atoms in total. The van der Waals surface area contributed by atoms with Gasteiger partial charge in [0.1, 0.15) is 30.6 Å². The molecule has 3 saturated heterocycles. The molecule has 100 heavy (non-hydrogen) atoms. The first-order chi connectivity index (χ1) is 47.8. The zero-order valence-corrected chi connectivity index (χ0v) is 60.3. The standard InChI is InChI=1S/C73H105N7O18S2/c1-7-10-22-58(85)76-51(39-74-57(84)23-15-13-11-12-14-18-30-96-59-36-54(82)60(86)61(98-59)64(89)90)53(81)33-45(63(87)88)42-100-99-32-31-97-68(92)75-40-56(83)73(94)66-72(26-29-80-27-19-25-71(9-3,65(72)80)67(73)91)48-34-49(55(95-6)35-52(48)78(66)5)69(4)37-44-38-70(93,8-2)43-79(41-44)28-24-47-46-20-16-17-21-50(46)77-62(47)69/h16-17,19-21,25,34-35,44-45,51,54,59-61,65-67,77,82,86,91,93-94H,7-15,18,22-24,26-33,36-43H2,1-6H3,(H,74,84)(H,75,92)(H,76,85)(H,87,88)(H,89,90)/t44-,45+,51-,54+,59?,60?,61?,65-,66+,67+,69+,70-,71+,72+,73-/m0/s1. The van der Waals surface area contributed by atoms with Crippen molar-refractivity contribution in [2.45, 2.75) is 214 Å². The topological polar surface area (TPSA) is 360 Å². The second-order valence-corrected chi connectivity index (χ2v) is 31.8. The number of amides is 3. The van der Waals surface area contributed by atoms with Crippen LogP contribution in [0.15, 0.2) is 48.6 Å². The van der Waals surface area contributed by atoms with E-state index in [0.29, 0.717) is 76.8 Å². The molecular weight excluding hydrogens is 1330 g/mol. The summed E-state index contributed by atoms with van der Waals surface area (Å²) in [5.41, 5.74) is 0.0910. The highest BCUT2D eigenvalue weighted by atomic mass is 33.1. The molecule has 3 amide bonds. The highest BCUT2D eigenvalue weighted by molar-refractivity contribution is 8.76. The van der Waals surface area contributed by atoms with Crippen molar-refractivity contribution in [3.63, 3.8) is 0 Å². The average Bonchev–Trinajstić information content (AvgIpc) is 1.46. The van der Waals surface area contributed by atoms with Gasteiger partial charge in [-0.15, -0.1) is 0 Å². The fourth-order valence-electron chi connectivity index (χ4n) is 17.9. The number of aliphatic carboxylic acids is 2. The minimum absolute atomic E-state index is 0.0173. The van der Waals surface area contributed by atoms with E-state index in [2.05, 4.69) is 68.8 Å². The number of piperidine rings is 1. The van der Waals surface area contributed by atoms with Gasteiger partial charge in [0.25, 0.3) is 0 Å². The van der Waals surface area contributed by atoms with E-state index in [0.717, 1.165) is 95.8 Å². The molecule has 4 unspecified atom stereocenters. The van der Waals surface area contributed by atoms with E-state index in [1.54, 1.807) is 7.11 Å². The highest BCUT2D eigenvalue weighted by Crippen LogP contribution is 2.68. The van der Waals surface area contributed by atoms with Crippen LogP contribution in [0.1, 0.15) is 159 Å². The van der Waals surface area contributed by atoms with Crippen molar-refractivity contribution in [1.29, 1.82) is 0 Å². The van der Waals surface area contributed by atoms with Crippen LogP contribution in [0.4, 0.5) is 10.5 Å². The lowest BCUT2D eigenvalue weighted by Gasteiger charge is -2.63. The molecule has 552 valence electrons. The first-order valence-electron chi connectivity index (χ1n) is 36.0. The number of carbonyl (C=O) groups excluding carboxylic acids is 5. The van der Waals surface area contributed by atoms with Crippen LogP contribution < -0.4 is 25.6 Å². The molecule has 4 fully saturated rings. The number of likely N-dealkylation sites (N-methyl/N-ethyl adjacent to an activating group) is 1. The van der Waals surface area contributed by atoms with Crippen LogP contribution >= 0.6 is 21.6 Å². The SMILES string of the molecule is CCCCC(=O)N[C@@H](CNC(=O)CCCCCCCCOC1C[C@@H](O)C(O)C(C(=O)O)O1)C(=O)C[C@H](CSSCCOC(=O)NCC(=O)[C@@]1(O)[C@H](O)[C@]2(CC)C=CCN3CC[C@@]4(c5cc([C@@]6(C)C[C@@H]7CN(CCc8c6[nH]c6ccccc86)C[C@](O)(CC)C7)c(OC)cc5N(C)[C@@H]14)[C@@H]32)C(=O)O. The fraction of sp³-hybridized carbons (Fsp3) is 0.685. The van der Waals surface area contributed by atoms with E-state index in [1.807, 2.05) is 50.1 Å². The number of aliphatic hydroxyl groups excluding tert-OH is 3. The molecule has 1 spiro atoms. The Morgan fingerprint density at radius 3 is 2.34 bits per heavy atom. The zero-order chi connectivity index (χ0) is 71.9. The van der Waals surface area contributed by atoms with Crippen molar-refractivity contribution in [1.82, 2.24) is 30.7 Å². The summed E-state index contributed by atoms with van der Waals surface area (Å²) in [4.78, 5) is 103. The maximum absolute atomic E-state index is 15.3. The van der Waals surface area contributed by atoms with E-state index < -0.39 is 125 Å². The minimum Gasteiger partial charge on any atom is -0.496 e. The van der Waals surface area contributed by atoms with Crippen molar-refractivity contribution in [2.75, 3.05) is 89.6 Å². The number of unbranched alkanes of at least 4 members (excludes halogenated alkanes) is 6. The first-order valence-corrected chi connectivity index (χ1v) is 38.5. The molecule has 16 atom stereocenters. The molecule has 3 aromatic rings. The molecule has 2 aromatic carbocycles. The monoisotopic (exact) mass is 1430 g/mol. The number of hydrogen-bond donors (Lipinski definition) is 11. The molecular formula is C73H105N7O18S2. The second-order valence-electron chi connectivity index (χ2n) is 29.2. The summed E-state index contributed by atoms with van der Waals surface area (Å²) in [5, 5.41) is 87.2. The number of methoxy groups -OCH3 is 1. The Hall–Kier alpha value is -5.85. The lowest BCUT2D eigenvalue weighted by molar-refractivity contribution is -0.252. The number of carbonyl (C=O) groups is 7. The highest BCUT2D eigenvalue weighted by Gasteiger charge is 2.78. The first kappa shape index (κ1) is 76.8. The maximum atomic E-state index is 15.3. The Balaban J connectivity index is 0.740. The molecule has 1 aromatic heterocycles. The third-order valence-electron chi connectivity index (χ3n) is 22.8. The largest absolute Gasteiger partial charge is 0.496 e. The number of alkyl carbamates (subject to hydrolysis) is 1. The van der Waals surface area contributed by atoms with Gasteiger partial charge in [0, 0.05) is 140 Å². The number of ether oxygens (including phenoxy) is 4. The molecule has 7 aliphatic rings. The number of aliphatic hydroxyl groups is 5. The average molecular weight is 1430 g/mol. The number of aromatic amines is 1. The van der Waals surface area contributed by atoms with E-state index in [9.17, 15) is 64.5 Å². The van der Waals surface area contributed by atoms with E-state index in [4.69, 9.17) is 18.9 Å². The Morgan fingerprint density at radius 1 is 0.860 bits per heavy atom. The minimum atomic E-state index is -2.43. The van der Waals surface area contributed by atoms with Gasteiger partial charge in [0.15, 0.2) is 29.6 Å². The smallest absolute Gasteiger partial charge is 0.407 e. The number of hydrogen-bond acceptors (Lipinski definition) is 21.